The third-order valence-electron chi connectivity index (χ3n) is 2.85. The molecule has 0 aliphatic heterocycles. The van der Waals surface area contributed by atoms with E-state index in [9.17, 15) is 9.90 Å². The summed E-state index contributed by atoms with van der Waals surface area (Å²) in [4.78, 5) is 13.2. The summed E-state index contributed by atoms with van der Waals surface area (Å²) in [6.45, 7) is 0. The summed E-state index contributed by atoms with van der Waals surface area (Å²) in [5, 5.41) is 18.1. The molecular formula is C14H13N3O2. The van der Waals surface area contributed by atoms with Crippen LogP contribution in [0, 0.1) is 11.3 Å². The Hall–Kier alpha value is -2.74. The smallest absolute Gasteiger partial charge is 0.354 e. The van der Waals surface area contributed by atoms with Crippen LogP contribution in [0.4, 0.5) is 5.69 Å². The maximum Gasteiger partial charge on any atom is 0.354 e. The Morgan fingerprint density at radius 1 is 1.26 bits per heavy atom. The van der Waals surface area contributed by atoms with Gasteiger partial charge < -0.3 is 14.6 Å². The number of benzene rings is 1. The molecule has 0 amide bonds. The Labute approximate surface area is 110 Å². The van der Waals surface area contributed by atoms with E-state index in [1.807, 2.05) is 49.3 Å². The molecule has 96 valence electrons. The van der Waals surface area contributed by atoms with Crippen LogP contribution < -0.4 is 4.90 Å². The van der Waals surface area contributed by atoms with Gasteiger partial charge in [-0.25, -0.2) is 4.79 Å². The number of aromatic carboxylic acids is 1. The first-order valence-electron chi connectivity index (χ1n) is 5.67. The first-order valence-corrected chi connectivity index (χ1v) is 5.67. The fourth-order valence-electron chi connectivity index (χ4n) is 1.87. The summed E-state index contributed by atoms with van der Waals surface area (Å²) in [5.74, 6) is -1.11. The third-order valence-corrected chi connectivity index (χ3v) is 2.85. The zero-order valence-electron chi connectivity index (χ0n) is 10.7. The molecule has 0 aliphatic rings. The van der Waals surface area contributed by atoms with E-state index in [2.05, 4.69) is 0 Å². The number of rotatable bonds is 3. The van der Waals surface area contributed by atoms with Crippen molar-refractivity contribution in [1.82, 2.24) is 4.57 Å². The maximum atomic E-state index is 11.2. The first kappa shape index (κ1) is 12.7. The van der Waals surface area contributed by atoms with Crippen LogP contribution in [0.1, 0.15) is 16.1 Å². The van der Waals surface area contributed by atoms with Crippen molar-refractivity contribution in [2.75, 3.05) is 19.0 Å². The molecule has 0 radical (unpaired) electrons. The molecule has 0 spiro atoms. The summed E-state index contributed by atoms with van der Waals surface area (Å²) >= 11 is 0. The molecule has 0 bridgehead atoms. The lowest BCUT2D eigenvalue weighted by atomic mass is 10.2. The molecule has 0 atom stereocenters. The Balaban J connectivity index is 2.51. The van der Waals surface area contributed by atoms with Crippen LogP contribution in [0.15, 0.2) is 36.5 Å². The molecule has 2 rings (SSSR count). The van der Waals surface area contributed by atoms with Crippen molar-refractivity contribution < 1.29 is 9.90 Å². The molecule has 0 unspecified atom stereocenters. The predicted octanol–water partition coefficient (Wildman–Crippen LogP) is 2.11. The number of nitrogens with zero attached hydrogens (tertiary/aromatic N) is 3. The van der Waals surface area contributed by atoms with E-state index < -0.39 is 5.97 Å². The molecule has 1 heterocycles. The predicted molar refractivity (Wildman–Crippen MR) is 71.8 cm³/mol. The molecule has 2 aromatic rings. The summed E-state index contributed by atoms with van der Waals surface area (Å²) in [6, 6.07) is 10.8. The third kappa shape index (κ3) is 2.29. The van der Waals surface area contributed by atoms with Crippen LogP contribution in [0.5, 0.6) is 0 Å². The van der Waals surface area contributed by atoms with Gasteiger partial charge in [0.1, 0.15) is 11.8 Å². The summed E-state index contributed by atoms with van der Waals surface area (Å²) in [7, 11) is 3.86. The van der Waals surface area contributed by atoms with Gasteiger partial charge in [0.2, 0.25) is 0 Å². The second-order valence-corrected chi connectivity index (χ2v) is 4.28. The van der Waals surface area contributed by atoms with E-state index in [4.69, 9.17) is 5.26 Å². The fraction of sp³-hybridized carbons (Fsp3) is 0.143. The molecule has 1 N–H and O–H groups in total. The Morgan fingerprint density at radius 2 is 1.89 bits per heavy atom. The second-order valence-electron chi connectivity index (χ2n) is 4.28. The number of anilines is 1. The van der Waals surface area contributed by atoms with Gasteiger partial charge in [-0.15, -0.1) is 0 Å². The van der Waals surface area contributed by atoms with Gasteiger partial charge in [-0.3, -0.25) is 0 Å². The van der Waals surface area contributed by atoms with E-state index in [1.165, 1.54) is 10.6 Å². The minimum atomic E-state index is -1.11. The Kier molecular flexibility index (Phi) is 3.25. The molecule has 1 aromatic carbocycles. The van der Waals surface area contributed by atoms with Crippen LogP contribution in [0.25, 0.3) is 5.69 Å². The molecule has 0 fully saturated rings. The van der Waals surface area contributed by atoms with Crippen molar-refractivity contribution in [3.8, 4) is 11.8 Å². The number of carboxylic acid groups (broad SMARTS) is 1. The highest BCUT2D eigenvalue weighted by atomic mass is 16.4. The van der Waals surface area contributed by atoms with E-state index in [-0.39, 0.29) is 11.3 Å². The first-order chi connectivity index (χ1) is 9.04. The van der Waals surface area contributed by atoms with E-state index >= 15 is 0 Å². The van der Waals surface area contributed by atoms with Crippen molar-refractivity contribution in [2.45, 2.75) is 0 Å². The standard InChI is InChI=1S/C14H13N3O2/c1-16(2)11-3-5-12(6-4-11)17-8-7-10(9-15)13(17)14(18)19/h3-8H,1-2H3,(H,18,19). The number of hydrogen-bond donors (Lipinski definition) is 1. The van der Waals surface area contributed by atoms with Crippen LogP contribution in [0.3, 0.4) is 0 Å². The Morgan fingerprint density at radius 3 is 2.37 bits per heavy atom. The zero-order valence-corrected chi connectivity index (χ0v) is 10.7. The van der Waals surface area contributed by atoms with Gasteiger partial charge >= 0.3 is 5.97 Å². The largest absolute Gasteiger partial charge is 0.477 e. The minimum absolute atomic E-state index is 0.0138. The van der Waals surface area contributed by atoms with Crippen molar-refractivity contribution in [3.63, 3.8) is 0 Å². The van der Waals surface area contributed by atoms with E-state index in [0.29, 0.717) is 5.69 Å². The van der Waals surface area contributed by atoms with Gasteiger partial charge in [-0.05, 0) is 30.3 Å². The highest BCUT2D eigenvalue weighted by Crippen LogP contribution is 2.20. The average molecular weight is 255 g/mol. The maximum absolute atomic E-state index is 11.2. The number of carboxylic acids is 1. The number of nitriles is 1. The summed E-state index contributed by atoms with van der Waals surface area (Å²) < 4.78 is 1.50. The molecule has 5 nitrogen and oxygen atoms in total. The van der Waals surface area contributed by atoms with E-state index in [1.54, 1.807) is 6.20 Å². The quantitative estimate of drug-likeness (QED) is 0.912. The molecule has 0 aliphatic carbocycles. The van der Waals surface area contributed by atoms with Crippen molar-refractivity contribution >= 4 is 11.7 Å². The van der Waals surface area contributed by atoms with Crippen molar-refractivity contribution in [3.05, 3.63) is 47.8 Å². The monoisotopic (exact) mass is 255 g/mol. The van der Waals surface area contributed by atoms with Gasteiger partial charge in [-0.2, -0.15) is 5.26 Å². The normalized spacial score (nSPS) is 9.95. The molecule has 0 saturated heterocycles. The lowest BCUT2D eigenvalue weighted by Gasteiger charge is -2.13. The topological polar surface area (TPSA) is 69.3 Å². The van der Waals surface area contributed by atoms with Crippen LogP contribution >= 0.6 is 0 Å². The molecule has 0 saturated carbocycles. The van der Waals surface area contributed by atoms with E-state index in [0.717, 1.165) is 5.69 Å². The van der Waals surface area contributed by atoms with Crippen molar-refractivity contribution in [1.29, 1.82) is 5.26 Å². The number of hydrogen-bond acceptors (Lipinski definition) is 3. The lowest BCUT2D eigenvalue weighted by molar-refractivity contribution is 0.0688. The van der Waals surface area contributed by atoms with Crippen molar-refractivity contribution in [2.24, 2.45) is 0 Å². The number of carbonyl (C=O) groups is 1. The Bertz CT molecular complexity index is 648. The van der Waals surface area contributed by atoms with Gasteiger partial charge in [0.05, 0.1) is 5.56 Å². The highest BCUT2D eigenvalue weighted by molar-refractivity contribution is 5.89. The molecule has 19 heavy (non-hydrogen) atoms. The second kappa shape index (κ2) is 4.86. The van der Waals surface area contributed by atoms with Gasteiger partial charge in [0.15, 0.2) is 0 Å². The average Bonchev–Trinajstić information content (AvgIpc) is 2.82. The molecule has 5 heteroatoms. The SMILES string of the molecule is CN(C)c1ccc(-n2ccc(C#N)c2C(=O)O)cc1. The fourth-order valence-corrected chi connectivity index (χ4v) is 1.87. The highest BCUT2D eigenvalue weighted by Gasteiger charge is 2.16. The number of aromatic nitrogens is 1. The minimum Gasteiger partial charge on any atom is -0.477 e. The van der Waals surface area contributed by atoms with Gasteiger partial charge in [-0.1, -0.05) is 0 Å². The molecular weight excluding hydrogens is 242 g/mol. The molecule has 1 aromatic heterocycles. The summed E-state index contributed by atoms with van der Waals surface area (Å²) in [5.41, 5.74) is 1.88. The van der Waals surface area contributed by atoms with Gasteiger partial charge in [0, 0.05) is 31.7 Å². The van der Waals surface area contributed by atoms with Gasteiger partial charge in [0.25, 0.3) is 0 Å². The summed E-state index contributed by atoms with van der Waals surface area (Å²) in [6.07, 6.45) is 1.59. The lowest BCUT2D eigenvalue weighted by Crippen LogP contribution is -2.10. The van der Waals surface area contributed by atoms with Crippen LogP contribution in [-0.4, -0.2) is 29.7 Å². The zero-order chi connectivity index (χ0) is 14.0. The van der Waals surface area contributed by atoms with Crippen LogP contribution in [0.2, 0.25) is 0 Å². The van der Waals surface area contributed by atoms with Crippen LogP contribution in [-0.2, 0) is 0 Å².